The van der Waals surface area contributed by atoms with Gasteiger partial charge in [0.1, 0.15) is 0 Å². The number of fused-ring (bicyclic) bond motifs is 1. The van der Waals surface area contributed by atoms with Crippen LogP contribution in [0.3, 0.4) is 0 Å². The molecular weight excluding hydrogens is 224 g/mol. The molecule has 1 aliphatic heterocycles. The number of ether oxygens (including phenoxy) is 1. The lowest BCUT2D eigenvalue weighted by atomic mass is 10.1. The summed E-state index contributed by atoms with van der Waals surface area (Å²) >= 11 is 0. The molecule has 0 radical (unpaired) electrons. The van der Waals surface area contributed by atoms with Gasteiger partial charge >= 0.3 is 0 Å². The molecule has 100 valence electrons. The fourth-order valence-corrected chi connectivity index (χ4v) is 2.34. The Hall–Kier alpha value is -1.22. The number of hydrogen-bond donors (Lipinski definition) is 1. The number of benzene rings is 1. The van der Waals surface area contributed by atoms with E-state index in [1.807, 2.05) is 0 Å². The van der Waals surface area contributed by atoms with Gasteiger partial charge in [0.2, 0.25) is 0 Å². The summed E-state index contributed by atoms with van der Waals surface area (Å²) in [5, 5.41) is 0. The molecular formula is C15H24N2O. The van der Waals surface area contributed by atoms with Gasteiger partial charge in [0.05, 0.1) is 12.2 Å². The Kier molecular flexibility index (Phi) is 3.53. The summed E-state index contributed by atoms with van der Waals surface area (Å²) < 4.78 is 5.79. The average molecular weight is 248 g/mol. The predicted molar refractivity (Wildman–Crippen MR) is 77.2 cm³/mol. The Morgan fingerprint density at radius 2 is 2.06 bits per heavy atom. The van der Waals surface area contributed by atoms with Gasteiger partial charge in [-0.3, -0.25) is 0 Å². The molecule has 0 bridgehead atoms. The van der Waals surface area contributed by atoms with Crippen LogP contribution >= 0.6 is 0 Å². The standard InChI is InChI=1S/C15H24N2O/c1-11-9-12-5-6-17(14(12)10-13(11)16)7-8-18-15(2,3)4/h9-10H,5-8,16H2,1-4H3. The number of nitrogen functional groups attached to an aromatic ring is 1. The smallest absolute Gasteiger partial charge is 0.0648 e. The summed E-state index contributed by atoms with van der Waals surface area (Å²) in [6.07, 6.45) is 1.12. The molecule has 1 aromatic carbocycles. The van der Waals surface area contributed by atoms with Crippen LogP contribution < -0.4 is 10.6 Å². The zero-order valence-electron chi connectivity index (χ0n) is 11.9. The molecule has 0 saturated heterocycles. The molecule has 0 unspecified atom stereocenters. The summed E-state index contributed by atoms with van der Waals surface area (Å²) in [5.41, 5.74) is 10.7. The van der Waals surface area contributed by atoms with Gasteiger partial charge in [-0.1, -0.05) is 6.07 Å². The van der Waals surface area contributed by atoms with Crippen molar-refractivity contribution in [1.82, 2.24) is 0 Å². The van der Waals surface area contributed by atoms with E-state index in [9.17, 15) is 0 Å². The van der Waals surface area contributed by atoms with Crippen LogP contribution in [0.15, 0.2) is 12.1 Å². The maximum absolute atomic E-state index is 6.00. The first-order chi connectivity index (χ1) is 8.37. The second kappa shape index (κ2) is 4.81. The number of anilines is 2. The van der Waals surface area contributed by atoms with Crippen LogP contribution in [0, 0.1) is 6.92 Å². The van der Waals surface area contributed by atoms with E-state index in [0.29, 0.717) is 0 Å². The van der Waals surface area contributed by atoms with Crippen molar-refractivity contribution >= 4 is 11.4 Å². The third kappa shape index (κ3) is 2.96. The van der Waals surface area contributed by atoms with Gasteiger partial charge in [-0.2, -0.15) is 0 Å². The molecule has 0 atom stereocenters. The third-order valence-corrected chi connectivity index (χ3v) is 3.36. The Morgan fingerprint density at radius 1 is 1.33 bits per heavy atom. The minimum Gasteiger partial charge on any atom is -0.398 e. The molecule has 3 nitrogen and oxygen atoms in total. The van der Waals surface area contributed by atoms with Crippen molar-refractivity contribution in [1.29, 1.82) is 0 Å². The summed E-state index contributed by atoms with van der Waals surface area (Å²) in [6.45, 7) is 11.1. The van der Waals surface area contributed by atoms with Crippen LogP contribution in [-0.4, -0.2) is 25.3 Å². The van der Waals surface area contributed by atoms with E-state index in [0.717, 1.165) is 31.8 Å². The maximum atomic E-state index is 6.00. The highest BCUT2D eigenvalue weighted by atomic mass is 16.5. The Bertz CT molecular complexity index is 435. The van der Waals surface area contributed by atoms with Crippen molar-refractivity contribution in [3.8, 4) is 0 Å². The Balaban J connectivity index is 2.01. The maximum Gasteiger partial charge on any atom is 0.0648 e. The van der Waals surface area contributed by atoms with Crippen molar-refractivity contribution in [2.24, 2.45) is 0 Å². The molecule has 0 aromatic heterocycles. The van der Waals surface area contributed by atoms with E-state index in [2.05, 4.69) is 44.7 Å². The number of nitrogens with zero attached hydrogens (tertiary/aromatic N) is 1. The summed E-state index contributed by atoms with van der Waals surface area (Å²) in [7, 11) is 0. The molecule has 2 N–H and O–H groups in total. The second-order valence-electron chi connectivity index (χ2n) is 6.04. The number of rotatable bonds is 3. The fourth-order valence-electron chi connectivity index (χ4n) is 2.34. The molecule has 0 amide bonds. The van der Waals surface area contributed by atoms with Crippen LogP contribution in [-0.2, 0) is 11.2 Å². The largest absolute Gasteiger partial charge is 0.398 e. The molecule has 3 heteroatoms. The molecule has 0 saturated carbocycles. The van der Waals surface area contributed by atoms with Crippen molar-refractivity contribution in [3.63, 3.8) is 0 Å². The van der Waals surface area contributed by atoms with E-state index < -0.39 is 0 Å². The zero-order chi connectivity index (χ0) is 13.3. The number of aryl methyl sites for hydroxylation is 1. The van der Waals surface area contributed by atoms with Crippen LogP contribution in [0.5, 0.6) is 0 Å². The minimum absolute atomic E-state index is 0.0607. The monoisotopic (exact) mass is 248 g/mol. The first-order valence-corrected chi connectivity index (χ1v) is 6.65. The molecule has 1 aromatic rings. The average Bonchev–Trinajstić information content (AvgIpc) is 2.60. The summed E-state index contributed by atoms with van der Waals surface area (Å²) in [5.74, 6) is 0. The van der Waals surface area contributed by atoms with Crippen molar-refractivity contribution in [3.05, 3.63) is 23.3 Å². The van der Waals surface area contributed by atoms with Crippen LogP contribution in [0.4, 0.5) is 11.4 Å². The number of hydrogen-bond acceptors (Lipinski definition) is 3. The molecule has 1 heterocycles. The van der Waals surface area contributed by atoms with E-state index in [1.165, 1.54) is 16.8 Å². The van der Waals surface area contributed by atoms with E-state index in [-0.39, 0.29) is 5.60 Å². The fraction of sp³-hybridized carbons (Fsp3) is 0.600. The minimum atomic E-state index is -0.0607. The lowest BCUT2D eigenvalue weighted by Gasteiger charge is -2.24. The first kappa shape index (κ1) is 13.2. The van der Waals surface area contributed by atoms with Gasteiger partial charge in [0.25, 0.3) is 0 Å². The normalized spacial score (nSPS) is 15.0. The van der Waals surface area contributed by atoms with E-state index in [4.69, 9.17) is 10.5 Å². The highest BCUT2D eigenvalue weighted by molar-refractivity contribution is 5.67. The SMILES string of the molecule is Cc1cc2c(cc1N)N(CCOC(C)(C)C)CC2. The molecule has 0 fully saturated rings. The van der Waals surface area contributed by atoms with Gasteiger partial charge < -0.3 is 15.4 Å². The van der Waals surface area contributed by atoms with Crippen LogP contribution in [0.2, 0.25) is 0 Å². The van der Waals surface area contributed by atoms with Crippen molar-refractivity contribution in [2.75, 3.05) is 30.3 Å². The molecule has 0 spiro atoms. The van der Waals surface area contributed by atoms with Crippen LogP contribution in [0.25, 0.3) is 0 Å². The highest BCUT2D eigenvalue weighted by Gasteiger charge is 2.20. The van der Waals surface area contributed by atoms with Crippen LogP contribution in [0.1, 0.15) is 31.9 Å². The molecule has 1 aliphatic rings. The Morgan fingerprint density at radius 3 is 2.72 bits per heavy atom. The van der Waals surface area contributed by atoms with E-state index >= 15 is 0 Å². The number of nitrogens with two attached hydrogens (primary N) is 1. The first-order valence-electron chi connectivity index (χ1n) is 6.65. The van der Waals surface area contributed by atoms with Crippen molar-refractivity contribution < 1.29 is 4.74 Å². The van der Waals surface area contributed by atoms with Gasteiger partial charge in [0.15, 0.2) is 0 Å². The predicted octanol–water partition coefficient (Wildman–Crippen LogP) is 2.75. The van der Waals surface area contributed by atoms with Crippen molar-refractivity contribution in [2.45, 2.75) is 39.7 Å². The Labute approximate surface area is 110 Å². The third-order valence-electron chi connectivity index (χ3n) is 3.36. The quantitative estimate of drug-likeness (QED) is 0.836. The molecule has 18 heavy (non-hydrogen) atoms. The second-order valence-corrected chi connectivity index (χ2v) is 6.04. The lowest BCUT2D eigenvalue weighted by Crippen LogP contribution is -2.29. The topological polar surface area (TPSA) is 38.5 Å². The van der Waals surface area contributed by atoms with E-state index in [1.54, 1.807) is 0 Å². The van der Waals surface area contributed by atoms with Gasteiger partial charge in [-0.25, -0.2) is 0 Å². The summed E-state index contributed by atoms with van der Waals surface area (Å²) in [4.78, 5) is 2.37. The zero-order valence-corrected chi connectivity index (χ0v) is 11.9. The van der Waals surface area contributed by atoms with Gasteiger partial charge in [-0.05, 0) is 51.3 Å². The van der Waals surface area contributed by atoms with Gasteiger partial charge in [0, 0.05) is 24.5 Å². The van der Waals surface area contributed by atoms with Gasteiger partial charge in [-0.15, -0.1) is 0 Å². The summed E-state index contributed by atoms with van der Waals surface area (Å²) in [6, 6.07) is 4.32. The highest BCUT2D eigenvalue weighted by Crippen LogP contribution is 2.31. The molecule has 2 rings (SSSR count). The lowest BCUT2D eigenvalue weighted by molar-refractivity contribution is 0.00148. The molecule has 0 aliphatic carbocycles.